The molecule has 3 aromatic rings. The summed E-state index contributed by atoms with van der Waals surface area (Å²) in [6.45, 7) is 3.72. The average molecular weight is 397 g/mol. The maximum absolute atomic E-state index is 12.8. The van der Waals surface area contributed by atoms with E-state index in [1.54, 1.807) is 22.9 Å². The van der Waals surface area contributed by atoms with Crippen molar-refractivity contribution in [1.82, 2.24) is 9.78 Å². The van der Waals surface area contributed by atoms with E-state index in [9.17, 15) is 4.79 Å². The van der Waals surface area contributed by atoms with Crippen molar-refractivity contribution in [3.63, 3.8) is 0 Å². The van der Waals surface area contributed by atoms with E-state index in [0.29, 0.717) is 27.8 Å². The molecule has 0 aliphatic rings. The number of ether oxygens (including phenoxy) is 2. The van der Waals surface area contributed by atoms with Gasteiger partial charge in [-0.05, 0) is 49.8 Å². The van der Waals surface area contributed by atoms with Gasteiger partial charge in [-0.15, -0.1) is 0 Å². The summed E-state index contributed by atoms with van der Waals surface area (Å²) < 4.78 is 12.3. The molecule has 0 saturated heterocycles. The summed E-state index contributed by atoms with van der Waals surface area (Å²) in [4.78, 5) is 12.8. The molecule has 3 rings (SSSR count). The number of aromatic nitrogens is 2. The Morgan fingerprint density at radius 2 is 1.82 bits per heavy atom. The van der Waals surface area contributed by atoms with Crippen LogP contribution in [-0.4, -0.2) is 29.8 Å². The lowest BCUT2D eigenvalue weighted by Gasteiger charge is -2.10. The van der Waals surface area contributed by atoms with Gasteiger partial charge >= 0.3 is 0 Å². The zero-order valence-corrected chi connectivity index (χ0v) is 16.9. The van der Waals surface area contributed by atoms with Crippen molar-refractivity contribution in [3.05, 3.63) is 76.1 Å². The summed E-state index contributed by atoms with van der Waals surface area (Å²) in [6.07, 6.45) is 3.22. The first-order valence-corrected chi connectivity index (χ1v) is 9.09. The molecule has 5 nitrogen and oxygen atoms in total. The first-order valence-electron chi connectivity index (χ1n) is 8.71. The SMILES string of the molecule is COc1cc(C=CC(=O)c2c(C)nn(-c3ccccc3)c2C)cc(Cl)c1OC. The maximum atomic E-state index is 12.8. The number of carbonyl (C=O) groups excluding carboxylic acids is 1. The van der Waals surface area contributed by atoms with Crippen molar-refractivity contribution in [2.24, 2.45) is 0 Å². The highest BCUT2D eigenvalue weighted by Crippen LogP contribution is 2.36. The van der Waals surface area contributed by atoms with Crippen molar-refractivity contribution in [1.29, 1.82) is 0 Å². The number of methoxy groups -OCH3 is 2. The Labute approximate surface area is 169 Å². The molecule has 0 amide bonds. The van der Waals surface area contributed by atoms with E-state index in [0.717, 1.165) is 16.9 Å². The Bertz CT molecular complexity index is 1040. The van der Waals surface area contributed by atoms with Crippen LogP contribution in [0, 0.1) is 13.8 Å². The van der Waals surface area contributed by atoms with Crippen LogP contribution >= 0.6 is 11.6 Å². The van der Waals surface area contributed by atoms with Crippen molar-refractivity contribution in [3.8, 4) is 17.2 Å². The standard InChI is InChI=1S/C22H21ClN2O3/c1-14-21(15(2)25(24-14)17-8-6-5-7-9-17)19(26)11-10-16-12-18(23)22(28-4)20(13-16)27-3/h5-13H,1-4H3. The number of ketones is 1. The Kier molecular flexibility index (Phi) is 5.85. The second kappa shape index (κ2) is 8.31. The molecular weight excluding hydrogens is 376 g/mol. The van der Waals surface area contributed by atoms with Gasteiger partial charge in [0.05, 0.1) is 41.9 Å². The minimum atomic E-state index is -0.122. The molecule has 2 aromatic carbocycles. The summed E-state index contributed by atoms with van der Waals surface area (Å²) in [5.74, 6) is 0.845. The van der Waals surface area contributed by atoms with Crippen LogP contribution in [0.1, 0.15) is 27.3 Å². The zero-order chi connectivity index (χ0) is 20.3. The number of aryl methyl sites for hydroxylation is 1. The fraction of sp³-hybridized carbons (Fsp3) is 0.182. The van der Waals surface area contributed by atoms with Gasteiger partial charge < -0.3 is 9.47 Å². The van der Waals surface area contributed by atoms with Gasteiger partial charge in [0.1, 0.15) is 0 Å². The van der Waals surface area contributed by atoms with Crippen LogP contribution in [0.3, 0.4) is 0 Å². The molecule has 0 N–H and O–H groups in total. The number of rotatable bonds is 6. The largest absolute Gasteiger partial charge is 0.493 e. The van der Waals surface area contributed by atoms with Gasteiger partial charge in [-0.2, -0.15) is 5.10 Å². The predicted molar refractivity (Wildman–Crippen MR) is 111 cm³/mol. The van der Waals surface area contributed by atoms with Crippen LogP contribution in [0.15, 0.2) is 48.5 Å². The average Bonchev–Trinajstić information content (AvgIpc) is 3.00. The first kappa shape index (κ1) is 19.7. The molecule has 0 unspecified atom stereocenters. The highest BCUT2D eigenvalue weighted by molar-refractivity contribution is 6.32. The van der Waals surface area contributed by atoms with Crippen molar-refractivity contribution >= 4 is 23.5 Å². The molecule has 0 radical (unpaired) electrons. The molecule has 0 saturated carbocycles. The van der Waals surface area contributed by atoms with Crippen LogP contribution in [-0.2, 0) is 0 Å². The molecule has 28 heavy (non-hydrogen) atoms. The molecule has 0 aliphatic heterocycles. The van der Waals surface area contributed by atoms with E-state index in [1.165, 1.54) is 20.3 Å². The van der Waals surface area contributed by atoms with Crippen LogP contribution in [0.5, 0.6) is 11.5 Å². The van der Waals surface area contributed by atoms with E-state index in [2.05, 4.69) is 5.10 Å². The van der Waals surface area contributed by atoms with Crippen molar-refractivity contribution in [2.45, 2.75) is 13.8 Å². The third-order valence-electron chi connectivity index (χ3n) is 4.42. The number of nitrogens with zero attached hydrogens (tertiary/aromatic N) is 2. The third-order valence-corrected chi connectivity index (χ3v) is 4.70. The lowest BCUT2D eigenvalue weighted by molar-refractivity contribution is 0.104. The molecule has 0 bridgehead atoms. The lowest BCUT2D eigenvalue weighted by Crippen LogP contribution is -2.01. The zero-order valence-electron chi connectivity index (χ0n) is 16.2. The van der Waals surface area contributed by atoms with Crippen LogP contribution < -0.4 is 9.47 Å². The van der Waals surface area contributed by atoms with Crippen LogP contribution in [0.25, 0.3) is 11.8 Å². The highest BCUT2D eigenvalue weighted by Gasteiger charge is 2.17. The topological polar surface area (TPSA) is 53.3 Å². The van der Waals surface area contributed by atoms with Gasteiger partial charge in [-0.25, -0.2) is 4.68 Å². The fourth-order valence-corrected chi connectivity index (χ4v) is 3.41. The second-order valence-corrected chi connectivity index (χ2v) is 6.64. The Morgan fingerprint density at radius 1 is 1.11 bits per heavy atom. The smallest absolute Gasteiger partial charge is 0.189 e. The molecule has 0 spiro atoms. The van der Waals surface area contributed by atoms with Gasteiger partial charge in [-0.1, -0.05) is 35.9 Å². The summed E-state index contributed by atoms with van der Waals surface area (Å²) >= 11 is 6.23. The Morgan fingerprint density at radius 3 is 2.46 bits per heavy atom. The molecule has 0 fully saturated rings. The number of carbonyl (C=O) groups is 1. The first-order chi connectivity index (χ1) is 13.5. The van der Waals surface area contributed by atoms with E-state index in [4.69, 9.17) is 21.1 Å². The van der Waals surface area contributed by atoms with Gasteiger partial charge in [0, 0.05) is 0 Å². The van der Waals surface area contributed by atoms with E-state index in [-0.39, 0.29) is 5.78 Å². The summed E-state index contributed by atoms with van der Waals surface area (Å²) in [7, 11) is 3.07. The number of allylic oxidation sites excluding steroid dienone is 1. The number of para-hydroxylation sites is 1. The number of hydrogen-bond acceptors (Lipinski definition) is 4. The quantitative estimate of drug-likeness (QED) is 0.432. The van der Waals surface area contributed by atoms with Gasteiger partial charge in [0.25, 0.3) is 0 Å². The van der Waals surface area contributed by atoms with E-state index < -0.39 is 0 Å². The number of hydrogen-bond donors (Lipinski definition) is 0. The highest BCUT2D eigenvalue weighted by atomic mass is 35.5. The number of benzene rings is 2. The lowest BCUT2D eigenvalue weighted by atomic mass is 10.1. The molecule has 144 valence electrons. The fourth-order valence-electron chi connectivity index (χ4n) is 3.11. The number of halogens is 1. The summed E-state index contributed by atoms with van der Waals surface area (Å²) in [5, 5.41) is 4.94. The monoisotopic (exact) mass is 396 g/mol. The molecule has 1 heterocycles. The van der Waals surface area contributed by atoms with Gasteiger partial charge in [0.15, 0.2) is 17.3 Å². The molecule has 1 aromatic heterocycles. The Balaban J connectivity index is 1.92. The third kappa shape index (κ3) is 3.80. The molecule has 6 heteroatoms. The molecular formula is C22H21ClN2O3. The normalized spacial score (nSPS) is 11.0. The van der Waals surface area contributed by atoms with Crippen LogP contribution in [0.4, 0.5) is 0 Å². The summed E-state index contributed by atoms with van der Waals surface area (Å²) in [5.41, 5.74) is 3.72. The molecule has 0 aliphatic carbocycles. The minimum absolute atomic E-state index is 0.122. The molecule has 0 atom stereocenters. The summed E-state index contributed by atoms with van der Waals surface area (Å²) in [6, 6.07) is 13.2. The van der Waals surface area contributed by atoms with E-state index in [1.807, 2.05) is 44.2 Å². The van der Waals surface area contributed by atoms with Crippen molar-refractivity contribution < 1.29 is 14.3 Å². The van der Waals surface area contributed by atoms with Gasteiger partial charge in [-0.3, -0.25) is 4.79 Å². The van der Waals surface area contributed by atoms with E-state index >= 15 is 0 Å². The van der Waals surface area contributed by atoms with Crippen molar-refractivity contribution in [2.75, 3.05) is 14.2 Å². The van der Waals surface area contributed by atoms with Crippen LogP contribution in [0.2, 0.25) is 5.02 Å². The van der Waals surface area contributed by atoms with Gasteiger partial charge in [0.2, 0.25) is 0 Å². The second-order valence-electron chi connectivity index (χ2n) is 6.23. The Hall–Kier alpha value is -3.05. The minimum Gasteiger partial charge on any atom is -0.493 e. The predicted octanol–water partition coefficient (Wildman–Crippen LogP) is 5.06. The maximum Gasteiger partial charge on any atom is 0.189 e.